The Morgan fingerprint density at radius 3 is 1.65 bits per heavy atom. The summed E-state index contributed by atoms with van der Waals surface area (Å²) in [6, 6.07) is 8.42. The number of benzene rings is 2. The molecule has 2 heterocycles. The van der Waals surface area contributed by atoms with E-state index in [9.17, 15) is 44.6 Å². The molecule has 1 unspecified atom stereocenters. The average molecular weight is 679 g/mol. The van der Waals surface area contributed by atoms with Gasteiger partial charge in [-0.05, 0) is 72.5 Å². The highest BCUT2D eigenvalue weighted by atomic mass is 32.2. The maximum atomic E-state index is 14.3. The van der Waals surface area contributed by atoms with Gasteiger partial charge in [0.2, 0.25) is 0 Å². The van der Waals surface area contributed by atoms with E-state index in [-0.39, 0.29) is 37.3 Å². The highest BCUT2D eigenvalue weighted by Crippen LogP contribution is 2.51. The average Bonchev–Trinajstić information content (AvgIpc) is 3.26. The summed E-state index contributed by atoms with van der Waals surface area (Å²) in [6.45, 7) is 7.56. The van der Waals surface area contributed by atoms with Crippen molar-refractivity contribution in [1.29, 1.82) is 0 Å². The zero-order valence-electron chi connectivity index (χ0n) is 25.8. The minimum Gasteiger partial charge on any atom is -0.510 e. The Morgan fingerprint density at radius 2 is 1.22 bits per heavy atom. The minimum atomic E-state index is -4.23. The van der Waals surface area contributed by atoms with Gasteiger partial charge in [0.05, 0.1) is 17.1 Å². The highest BCUT2D eigenvalue weighted by Gasteiger charge is 2.46. The number of nitrogens with zero attached hydrogens (tertiary/aromatic N) is 2. The van der Waals surface area contributed by atoms with Crippen LogP contribution in [-0.4, -0.2) is 61.4 Å². The molecule has 0 radical (unpaired) electrons. The third-order valence-corrected chi connectivity index (χ3v) is 10.6. The number of rotatable bonds is 10. The molecule has 1 aliphatic carbocycles. The molecule has 2 aliphatic heterocycles. The lowest BCUT2D eigenvalue weighted by Gasteiger charge is -2.32. The Balaban J connectivity index is 1.52. The lowest BCUT2D eigenvalue weighted by atomic mass is 9.76. The minimum absolute atomic E-state index is 0.0234. The van der Waals surface area contributed by atoms with Crippen molar-refractivity contribution < 1.29 is 44.6 Å². The van der Waals surface area contributed by atoms with Gasteiger partial charge in [0.15, 0.2) is 5.78 Å². The molecule has 1 atom stereocenters. The predicted molar refractivity (Wildman–Crippen MR) is 170 cm³/mol. The van der Waals surface area contributed by atoms with Crippen LogP contribution >= 0.6 is 0 Å². The number of anilines is 2. The molecule has 0 aromatic heterocycles. The van der Waals surface area contributed by atoms with E-state index in [1.165, 1.54) is 30.3 Å². The standard InChI is InChI=1S/C32H36F2N2O8S2/c1-31(2)23-15-19(33)7-9-25(23)35(11-5-13-45(39,40)41)27(31)17-21-29(37)22(30(21)38)18-28-32(3,4)24-16-20(34)8-10-26(24)36(28)12-6-14-46(42,43)44/h7-10,15-18,21,37H,5-6,11-14H2,1-4H3,(H,39,40,41)(H,42,43,44)/b27-17-,28-18+. The Kier molecular flexibility index (Phi) is 8.50. The first kappa shape index (κ1) is 33.8. The van der Waals surface area contributed by atoms with Crippen LogP contribution in [0, 0.1) is 17.6 Å². The van der Waals surface area contributed by atoms with E-state index >= 15 is 0 Å². The summed E-state index contributed by atoms with van der Waals surface area (Å²) >= 11 is 0. The monoisotopic (exact) mass is 678 g/mol. The van der Waals surface area contributed by atoms with Gasteiger partial charge >= 0.3 is 0 Å². The van der Waals surface area contributed by atoms with Crippen LogP contribution < -0.4 is 9.80 Å². The third kappa shape index (κ3) is 6.23. The molecular formula is C32H36F2N2O8S2. The number of Topliss-reactive ketones (excluding diaryl/α,β-unsaturated/α-hetero) is 1. The van der Waals surface area contributed by atoms with Crippen LogP contribution in [0.25, 0.3) is 0 Å². The lowest BCUT2D eigenvalue weighted by molar-refractivity contribution is -0.120. The van der Waals surface area contributed by atoms with Crippen LogP contribution in [0.1, 0.15) is 51.7 Å². The first-order chi connectivity index (χ1) is 21.2. The molecule has 0 saturated heterocycles. The van der Waals surface area contributed by atoms with Crippen LogP contribution in [0.2, 0.25) is 0 Å². The van der Waals surface area contributed by atoms with Crippen LogP contribution in [0.4, 0.5) is 20.2 Å². The number of hydrogen-bond donors (Lipinski definition) is 3. The highest BCUT2D eigenvalue weighted by molar-refractivity contribution is 7.86. The molecule has 0 saturated carbocycles. The zero-order chi connectivity index (χ0) is 34.0. The molecule has 14 heteroatoms. The Bertz CT molecular complexity index is 1930. The number of ketones is 1. The molecule has 5 rings (SSSR count). The van der Waals surface area contributed by atoms with Crippen LogP contribution in [0.5, 0.6) is 0 Å². The van der Waals surface area contributed by atoms with Crippen molar-refractivity contribution in [2.75, 3.05) is 34.4 Å². The first-order valence-corrected chi connectivity index (χ1v) is 17.9. The first-order valence-electron chi connectivity index (χ1n) is 14.7. The summed E-state index contributed by atoms with van der Waals surface area (Å²) in [5.74, 6) is -3.63. The SMILES string of the molecule is CC1(C)/C(=C/C2C(=O)C(/C=C3/N(CCCS(=O)(=O)O)c4ccc(F)cc4C3(C)C)=C2O)N(CCCS(=O)(=O)O)c2ccc(F)cc21. The maximum absolute atomic E-state index is 14.3. The second-order valence-electron chi connectivity index (χ2n) is 12.9. The normalized spacial score (nSPS) is 22.1. The van der Waals surface area contributed by atoms with Gasteiger partial charge in [-0.2, -0.15) is 16.8 Å². The van der Waals surface area contributed by atoms with Crippen molar-refractivity contribution in [1.82, 2.24) is 0 Å². The third-order valence-electron chi connectivity index (χ3n) is 9.00. The number of fused-ring (bicyclic) bond motifs is 2. The topological polar surface area (TPSA) is 153 Å². The second kappa shape index (κ2) is 11.6. The van der Waals surface area contributed by atoms with Gasteiger partial charge in [0, 0.05) is 46.7 Å². The summed E-state index contributed by atoms with van der Waals surface area (Å²) in [6.07, 6.45) is 3.19. The number of carbonyl (C=O) groups excluding carboxylic acids is 1. The molecule has 0 spiro atoms. The molecule has 248 valence electrons. The molecular weight excluding hydrogens is 642 g/mol. The smallest absolute Gasteiger partial charge is 0.264 e. The summed E-state index contributed by atoms with van der Waals surface area (Å²) in [7, 11) is -8.46. The maximum Gasteiger partial charge on any atom is 0.264 e. The molecule has 46 heavy (non-hydrogen) atoms. The summed E-state index contributed by atoms with van der Waals surface area (Å²) in [5.41, 5.74) is 1.88. The molecule has 2 aromatic carbocycles. The van der Waals surface area contributed by atoms with Crippen molar-refractivity contribution in [3.05, 3.63) is 94.0 Å². The number of carbonyl (C=O) groups is 1. The van der Waals surface area contributed by atoms with E-state index in [1.807, 2.05) is 27.7 Å². The summed E-state index contributed by atoms with van der Waals surface area (Å²) in [5, 5.41) is 11.2. The van der Waals surface area contributed by atoms with E-state index in [1.54, 1.807) is 28.0 Å². The van der Waals surface area contributed by atoms with E-state index < -0.39 is 65.9 Å². The van der Waals surface area contributed by atoms with E-state index in [4.69, 9.17) is 0 Å². The molecule has 10 nitrogen and oxygen atoms in total. The summed E-state index contributed by atoms with van der Waals surface area (Å²) in [4.78, 5) is 17.2. The van der Waals surface area contributed by atoms with Gasteiger partial charge in [-0.15, -0.1) is 0 Å². The Labute approximate surface area is 267 Å². The van der Waals surface area contributed by atoms with Crippen LogP contribution in [0.3, 0.4) is 0 Å². The van der Waals surface area contributed by atoms with Crippen molar-refractivity contribution in [3.8, 4) is 0 Å². The molecule has 3 N–H and O–H groups in total. The summed E-state index contributed by atoms with van der Waals surface area (Å²) < 4.78 is 92.6. The van der Waals surface area contributed by atoms with Gasteiger partial charge in [-0.1, -0.05) is 27.7 Å². The number of hydrogen-bond acceptors (Lipinski definition) is 8. The van der Waals surface area contributed by atoms with Crippen molar-refractivity contribution in [2.45, 2.75) is 51.4 Å². The van der Waals surface area contributed by atoms with E-state index in [0.717, 1.165) is 0 Å². The number of aliphatic hydroxyl groups excluding tert-OH is 1. The van der Waals surface area contributed by atoms with E-state index in [2.05, 4.69) is 0 Å². The van der Waals surface area contributed by atoms with Gasteiger partial charge < -0.3 is 14.9 Å². The molecule has 0 bridgehead atoms. The van der Waals surface area contributed by atoms with Gasteiger partial charge in [-0.25, -0.2) is 8.78 Å². The van der Waals surface area contributed by atoms with Crippen molar-refractivity contribution in [3.63, 3.8) is 0 Å². The van der Waals surface area contributed by atoms with E-state index in [0.29, 0.717) is 33.9 Å². The van der Waals surface area contributed by atoms with Crippen molar-refractivity contribution in [2.24, 2.45) is 5.92 Å². The number of aliphatic hydroxyl groups is 1. The Hall–Kier alpha value is -3.59. The predicted octanol–water partition coefficient (Wildman–Crippen LogP) is 5.19. The second-order valence-corrected chi connectivity index (χ2v) is 16.0. The zero-order valence-corrected chi connectivity index (χ0v) is 27.4. The number of halogens is 2. The fourth-order valence-corrected chi connectivity index (χ4v) is 7.64. The molecule has 2 aromatic rings. The fourth-order valence-electron chi connectivity index (χ4n) is 6.65. The Morgan fingerprint density at radius 1 is 0.783 bits per heavy atom. The molecule has 3 aliphatic rings. The van der Waals surface area contributed by atoms with Gasteiger partial charge in [0.1, 0.15) is 23.3 Å². The van der Waals surface area contributed by atoms with Gasteiger partial charge in [-0.3, -0.25) is 13.9 Å². The van der Waals surface area contributed by atoms with Crippen molar-refractivity contribution >= 4 is 37.4 Å². The molecule has 0 fully saturated rings. The quantitative estimate of drug-likeness (QED) is 0.286. The van der Waals surface area contributed by atoms with Crippen LogP contribution in [0.15, 0.2) is 71.3 Å². The number of allylic oxidation sites excluding steroid dienone is 5. The molecule has 0 amide bonds. The van der Waals surface area contributed by atoms with Gasteiger partial charge in [0.25, 0.3) is 20.2 Å². The van der Waals surface area contributed by atoms with Crippen LogP contribution in [-0.2, 0) is 35.9 Å². The lowest BCUT2D eigenvalue weighted by Crippen LogP contribution is -2.35. The largest absolute Gasteiger partial charge is 0.510 e. The fraction of sp³-hybridized carbons (Fsp3) is 0.406.